The summed E-state index contributed by atoms with van der Waals surface area (Å²) < 4.78 is 7.40. The van der Waals surface area contributed by atoms with Crippen LogP contribution in [-0.4, -0.2) is 42.1 Å². The summed E-state index contributed by atoms with van der Waals surface area (Å²) in [5.74, 6) is 0.617. The Balaban J connectivity index is 1.91. The van der Waals surface area contributed by atoms with Gasteiger partial charge in [0, 0.05) is 40.0 Å². The molecule has 0 N–H and O–H groups in total. The molecule has 0 saturated heterocycles. The van der Waals surface area contributed by atoms with Crippen LogP contribution in [0.1, 0.15) is 5.56 Å². The molecule has 0 spiro atoms. The lowest BCUT2D eigenvalue weighted by Gasteiger charge is -2.36. The first-order valence-corrected chi connectivity index (χ1v) is 7.83. The van der Waals surface area contributed by atoms with Crippen molar-refractivity contribution < 1.29 is 9.53 Å². The minimum Gasteiger partial charge on any atom is -0.477 e. The number of likely N-dealkylation sites (N-methyl/N-ethyl adjacent to an activating group) is 1. The summed E-state index contributed by atoms with van der Waals surface area (Å²) in [6.07, 6.45) is 1.20. The van der Waals surface area contributed by atoms with Crippen molar-refractivity contribution in [2.24, 2.45) is 7.05 Å². The number of carbonyl (C=O) groups is 1. The SMILES string of the molecule is CN(C)C(=O)C1CN(Cc2ccn(C)c(=O)c2)c2ccccc2O1. The highest BCUT2D eigenvalue weighted by molar-refractivity contribution is 5.83. The second-order valence-corrected chi connectivity index (χ2v) is 6.17. The van der Waals surface area contributed by atoms with Crippen LogP contribution >= 0.6 is 0 Å². The molecule has 0 aliphatic carbocycles. The number of ether oxygens (including phenoxy) is 1. The van der Waals surface area contributed by atoms with Crippen molar-refractivity contribution >= 4 is 11.6 Å². The van der Waals surface area contributed by atoms with Gasteiger partial charge in [-0.05, 0) is 23.8 Å². The summed E-state index contributed by atoms with van der Waals surface area (Å²) in [7, 11) is 5.16. The van der Waals surface area contributed by atoms with E-state index in [0.29, 0.717) is 18.8 Å². The maximum atomic E-state index is 12.3. The van der Waals surface area contributed by atoms with Gasteiger partial charge in [0.05, 0.1) is 12.2 Å². The second kappa shape index (κ2) is 6.39. The van der Waals surface area contributed by atoms with E-state index in [1.54, 1.807) is 33.4 Å². The van der Waals surface area contributed by atoms with Crippen molar-refractivity contribution in [1.82, 2.24) is 9.47 Å². The number of fused-ring (bicyclic) bond motifs is 1. The Morgan fingerprint density at radius 1 is 1.29 bits per heavy atom. The van der Waals surface area contributed by atoms with E-state index < -0.39 is 6.10 Å². The molecule has 1 atom stereocenters. The lowest BCUT2D eigenvalue weighted by molar-refractivity contribution is -0.136. The summed E-state index contributed by atoms with van der Waals surface area (Å²) in [5, 5.41) is 0. The maximum Gasteiger partial charge on any atom is 0.265 e. The second-order valence-electron chi connectivity index (χ2n) is 6.17. The molecule has 3 rings (SSSR count). The zero-order valence-corrected chi connectivity index (χ0v) is 14.1. The predicted octanol–water partition coefficient (Wildman–Crippen LogP) is 1.24. The van der Waals surface area contributed by atoms with Gasteiger partial charge in [-0.25, -0.2) is 0 Å². The molecule has 0 bridgehead atoms. The van der Waals surface area contributed by atoms with Gasteiger partial charge in [0.15, 0.2) is 6.10 Å². The van der Waals surface area contributed by atoms with E-state index in [2.05, 4.69) is 4.90 Å². The number of amides is 1. The number of carbonyl (C=O) groups excluding carboxylic acids is 1. The number of aryl methyl sites for hydroxylation is 1. The van der Waals surface area contributed by atoms with E-state index in [4.69, 9.17) is 4.74 Å². The van der Waals surface area contributed by atoms with Gasteiger partial charge in [0.1, 0.15) is 5.75 Å². The zero-order chi connectivity index (χ0) is 17.3. The van der Waals surface area contributed by atoms with Crippen LogP contribution in [0.25, 0.3) is 0 Å². The summed E-state index contributed by atoms with van der Waals surface area (Å²) in [5.41, 5.74) is 1.79. The summed E-state index contributed by atoms with van der Waals surface area (Å²) >= 11 is 0. The summed E-state index contributed by atoms with van der Waals surface area (Å²) in [6, 6.07) is 11.2. The van der Waals surface area contributed by atoms with Crippen molar-refractivity contribution in [2.75, 3.05) is 25.5 Å². The maximum absolute atomic E-state index is 12.3. The Morgan fingerprint density at radius 2 is 2.04 bits per heavy atom. The van der Waals surface area contributed by atoms with Gasteiger partial charge in [0.2, 0.25) is 0 Å². The molecule has 2 aromatic rings. The van der Waals surface area contributed by atoms with Crippen molar-refractivity contribution in [3.05, 3.63) is 58.5 Å². The first-order chi connectivity index (χ1) is 11.5. The van der Waals surface area contributed by atoms with Crippen LogP contribution < -0.4 is 15.2 Å². The molecule has 6 heteroatoms. The third-order valence-electron chi connectivity index (χ3n) is 4.12. The number of para-hydroxylation sites is 2. The van der Waals surface area contributed by atoms with Gasteiger partial charge in [-0.15, -0.1) is 0 Å². The smallest absolute Gasteiger partial charge is 0.265 e. The average molecular weight is 327 g/mol. The monoisotopic (exact) mass is 327 g/mol. The van der Waals surface area contributed by atoms with Crippen LogP contribution in [0.15, 0.2) is 47.4 Å². The fourth-order valence-electron chi connectivity index (χ4n) is 2.78. The van der Waals surface area contributed by atoms with Crippen molar-refractivity contribution in [3.63, 3.8) is 0 Å². The van der Waals surface area contributed by atoms with Crippen LogP contribution in [0.5, 0.6) is 5.75 Å². The number of aromatic nitrogens is 1. The predicted molar refractivity (Wildman–Crippen MR) is 92.3 cm³/mol. The van der Waals surface area contributed by atoms with Gasteiger partial charge >= 0.3 is 0 Å². The van der Waals surface area contributed by atoms with Crippen molar-refractivity contribution in [3.8, 4) is 5.75 Å². The Morgan fingerprint density at radius 3 is 2.75 bits per heavy atom. The largest absolute Gasteiger partial charge is 0.477 e. The highest BCUT2D eigenvalue weighted by Crippen LogP contribution is 2.34. The van der Waals surface area contributed by atoms with Crippen molar-refractivity contribution in [2.45, 2.75) is 12.6 Å². The normalized spacial score (nSPS) is 16.3. The molecule has 1 aromatic heterocycles. The van der Waals surface area contributed by atoms with Crippen LogP contribution in [0, 0.1) is 0 Å². The fraction of sp³-hybridized carbons (Fsp3) is 0.333. The quantitative estimate of drug-likeness (QED) is 0.851. The molecule has 0 fully saturated rings. The molecule has 1 amide bonds. The number of anilines is 1. The van der Waals surface area contributed by atoms with Gasteiger partial charge < -0.3 is 19.1 Å². The molecule has 2 heterocycles. The standard InChI is InChI=1S/C18H21N3O3/c1-19(2)18(23)16-12-21(14-6-4-5-7-15(14)24-16)11-13-8-9-20(3)17(22)10-13/h4-10,16H,11-12H2,1-3H3. The van der Waals surface area contributed by atoms with Crippen LogP contribution in [0.4, 0.5) is 5.69 Å². The molecule has 0 radical (unpaired) electrons. The number of hydrogen-bond acceptors (Lipinski definition) is 4. The Hall–Kier alpha value is -2.76. The fourth-order valence-corrected chi connectivity index (χ4v) is 2.78. The number of pyridine rings is 1. The molecule has 1 aromatic carbocycles. The molecule has 24 heavy (non-hydrogen) atoms. The molecule has 126 valence electrons. The molecule has 0 saturated carbocycles. The summed E-state index contributed by atoms with van der Waals surface area (Å²) in [4.78, 5) is 27.8. The topological polar surface area (TPSA) is 54.8 Å². The van der Waals surface area contributed by atoms with Crippen LogP contribution in [-0.2, 0) is 18.4 Å². The first-order valence-electron chi connectivity index (χ1n) is 7.83. The number of benzene rings is 1. The Kier molecular flexibility index (Phi) is 4.29. The first kappa shape index (κ1) is 16.1. The lowest BCUT2D eigenvalue weighted by atomic mass is 10.1. The zero-order valence-electron chi connectivity index (χ0n) is 14.1. The molecule has 6 nitrogen and oxygen atoms in total. The van der Waals surface area contributed by atoms with Gasteiger partial charge in [-0.1, -0.05) is 12.1 Å². The molecule has 1 aliphatic heterocycles. The van der Waals surface area contributed by atoms with Gasteiger partial charge in [-0.2, -0.15) is 0 Å². The minimum absolute atomic E-state index is 0.0463. The Bertz CT molecular complexity index is 813. The van der Waals surface area contributed by atoms with E-state index in [1.807, 2.05) is 30.3 Å². The van der Waals surface area contributed by atoms with E-state index in [0.717, 1.165) is 11.3 Å². The molecular formula is C18H21N3O3. The number of hydrogen-bond donors (Lipinski definition) is 0. The van der Waals surface area contributed by atoms with Crippen LogP contribution in [0.3, 0.4) is 0 Å². The molecule has 1 aliphatic rings. The molecular weight excluding hydrogens is 306 g/mol. The average Bonchev–Trinajstić information content (AvgIpc) is 2.57. The van der Waals surface area contributed by atoms with E-state index in [-0.39, 0.29) is 11.5 Å². The lowest BCUT2D eigenvalue weighted by Crippen LogP contribution is -2.48. The van der Waals surface area contributed by atoms with E-state index >= 15 is 0 Å². The highest BCUT2D eigenvalue weighted by atomic mass is 16.5. The highest BCUT2D eigenvalue weighted by Gasteiger charge is 2.31. The third kappa shape index (κ3) is 3.13. The summed E-state index contributed by atoms with van der Waals surface area (Å²) in [6.45, 7) is 0.997. The van der Waals surface area contributed by atoms with Gasteiger partial charge in [-0.3, -0.25) is 9.59 Å². The van der Waals surface area contributed by atoms with Gasteiger partial charge in [0.25, 0.3) is 11.5 Å². The number of rotatable bonds is 3. The van der Waals surface area contributed by atoms with E-state index in [9.17, 15) is 9.59 Å². The molecule has 1 unspecified atom stereocenters. The minimum atomic E-state index is -0.554. The number of nitrogens with zero attached hydrogens (tertiary/aromatic N) is 3. The Labute approximate surface area is 140 Å². The van der Waals surface area contributed by atoms with Crippen LogP contribution in [0.2, 0.25) is 0 Å². The van der Waals surface area contributed by atoms with E-state index in [1.165, 1.54) is 9.47 Å². The van der Waals surface area contributed by atoms with Crippen molar-refractivity contribution in [1.29, 1.82) is 0 Å². The third-order valence-corrected chi connectivity index (χ3v) is 4.12.